The van der Waals surface area contributed by atoms with Crippen molar-refractivity contribution in [2.45, 2.75) is 51.2 Å². The summed E-state index contributed by atoms with van der Waals surface area (Å²) in [6.07, 6.45) is 8.11. The second kappa shape index (κ2) is 5.55. The van der Waals surface area contributed by atoms with E-state index in [1.54, 1.807) is 0 Å². The molecule has 0 spiro atoms. The van der Waals surface area contributed by atoms with E-state index < -0.39 is 0 Å². The first-order chi connectivity index (χ1) is 9.33. The van der Waals surface area contributed by atoms with Crippen LogP contribution in [0.15, 0.2) is 6.20 Å². The molecule has 1 N–H and O–H groups in total. The van der Waals surface area contributed by atoms with E-state index in [2.05, 4.69) is 10.3 Å². The molecule has 2 atom stereocenters. The second-order valence-electron chi connectivity index (χ2n) is 5.58. The summed E-state index contributed by atoms with van der Waals surface area (Å²) in [6, 6.07) is 0.421. The normalized spacial score (nSPS) is 24.0. The Hall–Kier alpha value is -1.00. The first kappa shape index (κ1) is 13.0. The number of hydrogen-bond donors (Lipinski definition) is 1. The highest BCUT2D eigenvalue weighted by Crippen LogP contribution is 2.42. The second-order valence-corrected chi connectivity index (χ2v) is 5.58. The van der Waals surface area contributed by atoms with E-state index in [4.69, 9.17) is 9.72 Å². The number of ether oxygens (including phenoxy) is 1. The van der Waals surface area contributed by atoms with Gasteiger partial charge in [-0.25, -0.2) is 9.97 Å². The molecule has 0 radical (unpaired) electrons. The third kappa shape index (κ3) is 2.65. The molecule has 19 heavy (non-hydrogen) atoms. The molecule has 0 aliphatic heterocycles. The molecular weight excluding hydrogens is 238 g/mol. The summed E-state index contributed by atoms with van der Waals surface area (Å²) in [4.78, 5) is 9.41. The van der Waals surface area contributed by atoms with E-state index in [0.717, 1.165) is 18.9 Å². The van der Waals surface area contributed by atoms with Gasteiger partial charge in [0, 0.05) is 30.1 Å². The van der Waals surface area contributed by atoms with Crippen molar-refractivity contribution >= 4 is 0 Å². The van der Waals surface area contributed by atoms with Crippen molar-refractivity contribution in [2.24, 2.45) is 5.92 Å². The van der Waals surface area contributed by atoms with Crippen molar-refractivity contribution in [2.75, 3.05) is 13.7 Å². The van der Waals surface area contributed by atoms with Crippen molar-refractivity contribution in [3.8, 4) is 0 Å². The van der Waals surface area contributed by atoms with Gasteiger partial charge in [-0.3, -0.25) is 0 Å². The van der Waals surface area contributed by atoms with Crippen LogP contribution in [-0.2, 0) is 11.2 Å². The van der Waals surface area contributed by atoms with Crippen LogP contribution in [0.1, 0.15) is 61.8 Å². The third-order valence-corrected chi connectivity index (χ3v) is 4.20. The third-order valence-electron chi connectivity index (χ3n) is 4.20. The Morgan fingerprint density at radius 3 is 2.95 bits per heavy atom. The largest absolute Gasteiger partial charge is 0.370 e. The van der Waals surface area contributed by atoms with E-state index >= 15 is 0 Å². The van der Waals surface area contributed by atoms with Crippen LogP contribution in [-0.4, -0.2) is 23.6 Å². The highest BCUT2D eigenvalue weighted by Gasteiger charge is 2.35. The fourth-order valence-corrected chi connectivity index (χ4v) is 3.00. The molecule has 3 rings (SSSR count). The van der Waals surface area contributed by atoms with Crippen LogP contribution in [0.2, 0.25) is 0 Å². The van der Waals surface area contributed by atoms with Gasteiger partial charge < -0.3 is 10.1 Å². The zero-order valence-corrected chi connectivity index (χ0v) is 11.9. The molecule has 4 heteroatoms. The minimum atomic E-state index is 0.116. The lowest BCUT2D eigenvalue weighted by Gasteiger charge is -2.25. The molecule has 0 amide bonds. The maximum Gasteiger partial charge on any atom is 0.157 e. The predicted molar refractivity (Wildman–Crippen MR) is 73.9 cm³/mol. The number of aryl methyl sites for hydroxylation is 1. The van der Waals surface area contributed by atoms with E-state index in [9.17, 15) is 0 Å². The number of nitrogens with zero attached hydrogens (tertiary/aromatic N) is 2. The molecule has 1 saturated carbocycles. The molecular formula is C15H23N3O. The number of fused-ring (bicyclic) bond motifs is 1. The molecule has 1 fully saturated rings. The number of nitrogens with one attached hydrogen (secondary N) is 1. The van der Waals surface area contributed by atoms with Crippen molar-refractivity contribution in [1.29, 1.82) is 0 Å². The summed E-state index contributed by atoms with van der Waals surface area (Å²) >= 11 is 0. The highest BCUT2D eigenvalue weighted by atomic mass is 16.5. The molecule has 0 bridgehead atoms. The molecule has 2 aliphatic rings. The molecule has 2 unspecified atom stereocenters. The summed E-state index contributed by atoms with van der Waals surface area (Å²) in [5.41, 5.74) is 2.50. The summed E-state index contributed by atoms with van der Waals surface area (Å²) in [7, 11) is 2.01. The highest BCUT2D eigenvalue weighted by molar-refractivity contribution is 5.25. The Balaban J connectivity index is 1.87. The van der Waals surface area contributed by atoms with E-state index in [1.165, 1.54) is 36.9 Å². The Labute approximate surface area is 115 Å². The SMILES string of the molecule is CCOC(c1ncc2c(n1)CCCC2NC)C1CC1. The van der Waals surface area contributed by atoms with Crippen LogP contribution in [0.4, 0.5) is 0 Å². The summed E-state index contributed by atoms with van der Waals surface area (Å²) in [5.74, 6) is 1.54. The van der Waals surface area contributed by atoms with Gasteiger partial charge in [0.05, 0.1) is 0 Å². The van der Waals surface area contributed by atoms with Crippen molar-refractivity contribution in [3.05, 3.63) is 23.3 Å². The zero-order chi connectivity index (χ0) is 13.2. The maximum absolute atomic E-state index is 5.86. The monoisotopic (exact) mass is 261 g/mol. The van der Waals surface area contributed by atoms with Crippen molar-refractivity contribution in [1.82, 2.24) is 15.3 Å². The lowest BCUT2D eigenvalue weighted by molar-refractivity contribution is 0.0397. The summed E-state index contributed by atoms with van der Waals surface area (Å²) in [6.45, 7) is 2.78. The van der Waals surface area contributed by atoms with Gasteiger partial charge in [-0.2, -0.15) is 0 Å². The van der Waals surface area contributed by atoms with Crippen LogP contribution in [0.5, 0.6) is 0 Å². The van der Waals surface area contributed by atoms with Gasteiger partial charge in [0.1, 0.15) is 6.10 Å². The molecule has 0 aromatic carbocycles. The molecule has 1 heterocycles. The molecule has 2 aliphatic carbocycles. The lowest BCUT2D eigenvalue weighted by Crippen LogP contribution is -2.24. The Bertz CT molecular complexity index is 445. The van der Waals surface area contributed by atoms with E-state index in [1.807, 2.05) is 20.2 Å². The molecule has 4 nitrogen and oxygen atoms in total. The fraction of sp³-hybridized carbons (Fsp3) is 0.733. The minimum absolute atomic E-state index is 0.116. The quantitative estimate of drug-likeness (QED) is 0.885. The van der Waals surface area contributed by atoms with Crippen LogP contribution in [0.3, 0.4) is 0 Å². The van der Waals surface area contributed by atoms with E-state index in [-0.39, 0.29) is 6.10 Å². The summed E-state index contributed by atoms with van der Waals surface area (Å²) in [5, 5.41) is 3.36. The number of rotatable bonds is 5. The van der Waals surface area contributed by atoms with Gasteiger partial charge in [0.25, 0.3) is 0 Å². The van der Waals surface area contributed by atoms with Gasteiger partial charge in [0.2, 0.25) is 0 Å². The Morgan fingerprint density at radius 2 is 2.26 bits per heavy atom. The van der Waals surface area contributed by atoms with Gasteiger partial charge in [-0.15, -0.1) is 0 Å². The fourth-order valence-electron chi connectivity index (χ4n) is 3.00. The van der Waals surface area contributed by atoms with Crippen LogP contribution in [0, 0.1) is 5.92 Å². The van der Waals surface area contributed by atoms with Crippen LogP contribution in [0.25, 0.3) is 0 Å². The van der Waals surface area contributed by atoms with E-state index in [0.29, 0.717) is 12.0 Å². The Kier molecular flexibility index (Phi) is 3.80. The topological polar surface area (TPSA) is 47.0 Å². The number of hydrogen-bond acceptors (Lipinski definition) is 4. The molecule has 0 saturated heterocycles. The standard InChI is InChI=1S/C15H23N3O/c1-3-19-14(10-7-8-10)15-17-9-11-12(16-2)5-4-6-13(11)18-15/h9-10,12,14,16H,3-8H2,1-2H3. The number of aromatic nitrogens is 2. The smallest absolute Gasteiger partial charge is 0.157 e. The average Bonchev–Trinajstić information content (AvgIpc) is 3.28. The van der Waals surface area contributed by atoms with Crippen molar-refractivity contribution < 1.29 is 4.74 Å². The van der Waals surface area contributed by atoms with Gasteiger partial charge in [-0.05, 0) is 52.0 Å². The maximum atomic E-state index is 5.86. The molecule has 104 valence electrons. The summed E-state index contributed by atoms with van der Waals surface area (Å²) < 4.78 is 5.86. The predicted octanol–water partition coefficient (Wildman–Crippen LogP) is 2.56. The lowest BCUT2D eigenvalue weighted by atomic mass is 9.92. The first-order valence-corrected chi connectivity index (χ1v) is 7.48. The molecule has 1 aromatic heterocycles. The molecule has 1 aromatic rings. The van der Waals surface area contributed by atoms with Crippen LogP contribution < -0.4 is 5.32 Å². The zero-order valence-electron chi connectivity index (χ0n) is 11.9. The Morgan fingerprint density at radius 1 is 1.42 bits per heavy atom. The van der Waals surface area contributed by atoms with Gasteiger partial charge >= 0.3 is 0 Å². The van der Waals surface area contributed by atoms with Gasteiger partial charge in [0.15, 0.2) is 5.82 Å². The average molecular weight is 261 g/mol. The van der Waals surface area contributed by atoms with Gasteiger partial charge in [-0.1, -0.05) is 0 Å². The van der Waals surface area contributed by atoms with Crippen molar-refractivity contribution in [3.63, 3.8) is 0 Å². The first-order valence-electron chi connectivity index (χ1n) is 7.48. The minimum Gasteiger partial charge on any atom is -0.370 e. The van der Waals surface area contributed by atoms with Crippen LogP contribution >= 0.6 is 0 Å².